The van der Waals surface area contributed by atoms with Crippen molar-refractivity contribution < 1.29 is 13.9 Å². The molecule has 5 heteroatoms. The molecule has 1 aromatic carbocycles. The van der Waals surface area contributed by atoms with Crippen LogP contribution < -0.4 is 0 Å². The molecule has 0 saturated heterocycles. The number of rotatable bonds is 4. The largest absolute Gasteiger partial charge is 0.395 e. The number of hydrogen-bond donors (Lipinski definition) is 1. The van der Waals surface area contributed by atoms with E-state index in [0.29, 0.717) is 17.1 Å². The first-order valence-electron chi connectivity index (χ1n) is 5.95. The van der Waals surface area contributed by atoms with E-state index in [-0.39, 0.29) is 6.61 Å². The lowest BCUT2D eigenvalue weighted by Crippen LogP contribution is -1.83. The molecule has 1 N–H and O–H groups in total. The molecule has 1 heterocycles. The number of aliphatic hydroxyl groups excluding tert-OH is 1. The summed E-state index contributed by atoms with van der Waals surface area (Å²) in [6, 6.07) is 7.81. The van der Waals surface area contributed by atoms with E-state index in [1.54, 1.807) is 17.4 Å². The van der Waals surface area contributed by atoms with Crippen molar-refractivity contribution >= 4 is 23.1 Å². The van der Waals surface area contributed by atoms with Gasteiger partial charge in [-0.3, -0.25) is 0 Å². The van der Waals surface area contributed by atoms with Crippen molar-refractivity contribution in [3.8, 4) is 11.8 Å². The summed E-state index contributed by atoms with van der Waals surface area (Å²) in [6.07, 6.45) is 0.469. The third-order valence-corrected chi connectivity index (χ3v) is 4.61. The third kappa shape index (κ3) is 4.34. The van der Waals surface area contributed by atoms with E-state index in [1.807, 2.05) is 12.1 Å². The fourth-order valence-corrected chi connectivity index (χ4v) is 3.30. The average Bonchev–Trinajstić information content (AvgIpc) is 2.88. The van der Waals surface area contributed by atoms with Crippen LogP contribution in [-0.2, 0) is 5.75 Å². The molecule has 0 radical (unpaired) electrons. The van der Waals surface area contributed by atoms with Crippen molar-refractivity contribution in [2.75, 3.05) is 6.61 Å². The molecule has 0 spiro atoms. The molecule has 0 unspecified atom stereocenters. The number of thiophene rings is 1. The number of aliphatic hydroxyl groups is 1. The van der Waals surface area contributed by atoms with Gasteiger partial charge in [-0.1, -0.05) is 11.8 Å². The van der Waals surface area contributed by atoms with Crippen LogP contribution in [0.25, 0.3) is 0 Å². The van der Waals surface area contributed by atoms with Crippen molar-refractivity contribution in [3.63, 3.8) is 0 Å². The first kappa shape index (κ1) is 15.0. The molecule has 0 fully saturated rings. The fraction of sp³-hybridized carbons (Fsp3) is 0.200. The molecular formula is C15H12F2OS2. The van der Waals surface area contributed by atoms with Gasteiger partial charge in [-0.25, -0.2) is 8.78 Å². The Morgan fingerprint density at radius 2 is 2.00 bits per heavy atom. The second-order valence-corrected chi connectivity index (χ2v) is 6.12. The molecule has 2 rings (SSSR count). The highest BCUT2D eigenvalue weighted by Crippen LogP contribution is 2.27. The van der Waals surface area contributed by atoms with Crippen molar-refractivity contribution in [3.05, 3.63) is 51.7 Å². The van der Waals surface area contributed by atoms with Gasteiger partial charge in [0.2, 0.25) is 0 Å². The first-order valence-corrected chi connectivity index (χ1v) is 7.75. The quantitative estimate of drug-likeness (QED) is 0.679. The zero-order chi connectivity index (χ0) is 14.4. The highest BCUT2D eigenvalue weighted by molar-refractivity contribution is 7.98. The van der Waals surface area contributed by atoms with Gasteiger partial charge in [0, 0.05) is 21.9 Å². The standard InChI is InChI=1S/C15H12F2OS2/c16-14-7-6-12(9-15(14)17)19-10-13-5-4-11(20-13)3-1-2-8-18/h4-7,9,18H,2,8,10H2. The van der Waals surface area contributed by atoms with Crippen LogP contribution in [0.2, 0.25) is 0 Å². The second-order valence-electron chi connectivity index (χ2n) is 3.91. The number of hydrogen-bond acceptors (Lipinski definition) is 3. The normalized spacial score (nSPS) is 10.2. The number of benzene rings is 1. The van der Waals surface area contributed by atoms with Crippen LogP contribution in [0.5, 0.6) is 0 Å². The molecule has 0 amide bonds. The molecule has 0 aliphatic heterocycles. The highest BCUT2D eigenvalue weighted by atomic mass is 32.2. The molecular weight excluding hydrogens is 298 g/mol. The van der Waals surface area contributed by atoms with Crippen molar-refractivity contribution in [1.29, 1.82) is 0 Å². The van der Waals surface area contributed by atoms with Crippen LogP contribution in [0.3, 0.4) is 0 Å². The summed E-state index contributed by atoms with van der Waals surface area (Å²) in [4.78, 5) is 2.76. The van der Waals surface area contributed by atoms with Crippen molar-refractivity contribution in [1.82, 2.24) is 0 Å². The lowest BCUT2D eigenvalue weighted by molar-refractivity contribution is 0.305. The Morgan fingerprint density at radius 3 is 2.75 bits per heavy atom. The molecule has 1 aromatic heterocycles. The Labute approximate surface area is 124 Å². The van der Waals surface area contributed by atoms with Crippen LogP contribution in [-0.4, -0.2) is 11.7 Å². The predicted octanol–water partition coefficient (Wildman–Crippen LogP) is 4.05. The van der Waals surface area contributed by atoms with Gasteiger partial charge in [0.05, 0.1) is 11.5 Å². The molecule has 0 aliphatic rings. The fourth-order valence-electron chi connectivity index (χ4n) is 1.45. The molecule has 0 aliphatic carbocycles. The molecule has 0 bridgehead atoms. The Bertz CT molecular complexity index is 641. The summed E-state index contributed by atoms with van der Waals surface area (Å²) in [7, 11) is 0. The minimum Gasteiger partial charge on any atom is -0.395 e. The zero-order valence-corrected chi connectivity index (χ0v) is 12.2. The highest BCUT2D eigenvalue weighted by Gasteiger charge is 2.04. The lowest BCUT2D eigenvalue weighted by atomic mass is 10.3. The number of halogens is 2. The van der Waals surface area contributed by atoms with E-state index in [9.17, 15) is 8.78 Å². The summed E-state index contributed by atoms with van der Waals surface area (Å²) in [5, 5.41) is 8.64. The lowest BCUT2D eigenvalue weighted by Gasteiger charge is -2.00. The summed E-state index contributed by atoms with van der Waals surface area (Å²) >= 11 is 3.02. The zero-order valence-electron chi connectivity index (χ0n) is 10.5. The van der Waals surface area contributed by atoms with Gasteiger partial charge in [-0.15, -0.1) is 23.1 Å². The Balaban J connectivity index is 1.94. The summed E-state index contributed by atoms with van der Waals surface area (Å²) in [6.45, 7) is 0.0667. The van der Waals surface area contributed by atoms with Crippen LogP contribution in [0.15, 0.2) is 35.2 Å². The summed E-state index contributed by atoms with van der Waals surface area (Å²) in [5.74, 6) is 4.88. The van der Waals surface area contributed by atoms with Gasteiger partial charge in [-0.2, -0.15) is 0 Å². The number of thioether (sulfide) groups is 1. The minimum atomic E-state index is -0.827. The van der Waals surface area contributed by atoms with Crippen LogP contribution in [0.4, 0.5) is 8.78 Å². The first-order chi connectivity index (χ1) is 9.69. The van der Waals surface area contributed by atoms with Gasteiger partial charge in [-0.05, 0) is 30.3 Å². The summed E-state index contributed by atoms with van der Waals surface area (Å²) < 4.78 is 25.9. The van der Waals surface area contributed by atoms with Crippen LogP contribution in [0, 0.1) is 23.5 Å². The minimum absolute atomic E-state index is 0.0667. The van der Waals surface area contributed by atoms with Crippen LogP contribution in [0.1, 0.15) is 16.2 Å². The molecule has 104 valence electrons. The van der Waals surface area contributed by atoms with E-state index in [0.717, 1.165) is 15.8 Å². The van der Waals surface area contributed by atoms with Gasteiger partial charge >= 0.3 is 0 Å². The van der Waals surface area contributed by atoms with Gasteiger partial charge in [0.25, 0.3) is 0 Å². The van der Waals surface area contributed by atoms with E-state index in [4.69, 9.17) is 5.11 Å². The monoisotopic (exact) mass is 310 g/mol. The maximum Gasteiger partial charge on any atom is 0.159 e. The average molecular weight is 310 g/mol. The third-order valence-electron chi connectivity index (χ3n) is 2.38. The Hall–Kier alpha value is -1.35. The molecule has 2 aromatic rings. The Kier molecular flexibility index (Phi) is 5.60. The molecule has 0 atom stereocenters. The smallest absolute Gasteiger partial charge is 0.159 e. The SMILES string of the molecule is OCCC#Cc1ccc(CSc2ccc(F)c(F)c2)s1. The van der Waals surface area contributed by atoms with Crippen molar-refractivity contribution in [2.24, 2.45) is 0 Å². The van der Waals surface area contributed by atoms with E-state index in [2.05, 4.69) is 11.8 Å². The Morgan fingerprint density at radius 1 is 1.15 bits per heavy atom. The van der Waals surface area contributed by atoms with Crippen LogP contribution >= 0.6 is 23.1 Å². The molecule has 1 nitrogen and oxygen atoms in total. The maximum absolute atomic E-state index is 13.1. The molecule has 0 saturated carbocycles. The van der Waals surface area contributed by atoms with Crippen molar-refractivity contribution in [2.45, 2.75) is 17.1 Å². The predicted molar refractivity (Wildman–Crippen MR) is 78.8 cm³/mol. The van der Waals surface area contributed by atoms with Gasteiger partial charge < -0.3 is 5.11 Å². The van der Waals surface area contributed by atoms with E-state index >= 15 is 0 Å². The summed E-state index contributed by atoms with van der Waals surface area (Å²) in [5.41, 5.74) is 0. The van der Waals surface area contributed by atoms with E-state index in [1.165, 1.54) is 17.8 Å². The second kappa shape index (κ2) is 7.44. The topological polar surface area (TPSA) is 20.2 Å². The van der Waals surface area contributed by atoms with Gasteiger partial charge in [0.15, 0.2) is 11.6 Å². The molecule has 20 heavy (non-hydrogen) atoms. The maximum atomic E-state index is 13.1. The van der Waals surface area contributed by atoms with E-state index < -0.39 is 11.6 Å². The van der Waals surface area contributed by atoms with Gasteiger partial charge in [0.1, 0.15) is 0 Å².